The lowest BCUT2D eigenvalue weighted by Gasteiger charge is -2.23. The van der Waals surface area contributed by atoms with Gasteiger partial charge in [-0.25, -0.2) is 9.18 Å². The molecule has 5 heteroatoms. The van der Waals surface area contributed by atoms with E-state index in [1.54, 1.807) is 26.8 Å². The molecule has 1 aromatic carbocycles. The van der Waals surface area contributed by atoms with Gasteiger partial charge in [0.05, 0.1) is 12.1 Å². The maximum atomic E-state index is 13.0. The number of hydrogen-bond acceptors (Lipinski definition) is 2. The van der Waals surface area contributed by atoms with Gasteiger partial charge in [0.2, 0.25) is 0 Å². The van der Waals surface area contributed by atoms with E-state index >= 15 is 0 Å². The summed E-state index contributed by atoms with van der Waals surface area (Å²) in [6, 6.07) is 3.88. The number of carbonyl (C=O) groups is 1. The van der Waals surface area contributed by atoms with Crippen molar-refractivity contribution in [2.75, 3.05) is 11.9 Å². The molecular weight excluding hydrogens is 223 g/mol. The van der Waals surface area contributed by atoms with Crippen molar-refractivity contribution in [3.05, 3.63) is 29.6 Å². The van der Waals surface area contributed by atoms with Crippen LogP contribution in [0.25, 0.3) is 0 Å². The van der Waals surface area contributed by atoms with Gasteiger partial charge in [-0.15, -0.1) is 0 Å². The summed E-state index contributed by atoms with van der Waals surface area (Å²) in [5.74, 6) is -0.313. The zero-order valence-corrected chi connectivity index (χ0v) is 10.2. The zero-order chi connectivity index (χ0) is 13.1. The predicted molar refractivity (Wildman–Crippen MR) is 64.5 cm³/mol. The van der Waals surface area contributed by atoms with Gasteiger partial charge in [0.1, 0.15) is 5.82 Å². The minimum atomic E-state index is -0.695. The lowest BCUT2D eigenvalue weighted by Crippen LogP contribution is -2.48. The number of halogens is 1. The minimum absolute atomic E-state index is 0.164. The smallest absolute Gasteiger partial charge is 0.319 e. The van der Waals surface area contributed by atoms with Crippen LogP contribution in [-0.2, 0) is 0 Å². The number of aryl methyl sites for hydroxylation is 1. The van der Waals surface area contributed by atoms with E-state index in [2.05, 4.69) is 10.6 Å². The summed E-state index contributed by atoms with van der Waals surface area (Å²) < 4.78 is 13.0. The fourth-order valence-electron chi connectivity index (χ4n) is 1.23. The average Bonchev–Trinajstić information content (AvgIpc) is 2.23. The number of aliphatic hydroxyl groups is 1. The number of anilines is 1. The van der Waals surface area contributed by atoms with Crippen LogP contribution in [0.15, 0.2) is 18.2 Å². The Hall–Kier alpha value is -1.62. The van der Waals surface area contributed by atoms with Crippen LogP contribution < -0.4 is 10.6 Å². The molecule has 3 N–H and O–H groups in total. The maximum absolute atomic E-state index is 13.0. The van der Waals surface area contributed by atoms with Crippen molar-refractivity contribution in [3.63, 3.8) is 0 Å². The second-order valence-electron chi connectivity index (χ2n) is 4.59. The highest BCUT2D eigenvalue weighted by Crippen LogP contribution is 2.13. The van der Waals surface area contributed by atoms with E-state index in [1.165, 1.54) is 12.1 Å². The first-order chi connectivity index (χ1) is 7.84. The standard InChI is InChI=1S/C12H17FN2O2/c1-8-6-9(4-5-10(8)13)14-11(17)15-12(2,3)7-16/h4-6,16H,7H2,1-3H3,(H2,14,15,17). The van der Waals surface area contributed by atoms with Gasteiger partial charge in [-0.2, -0.15) is 0 Å². The van der Waals surface area contributed by atoms with Crippen LogP contribution in [0, 0.1) is 12.7 Å². The molecule has 0 atom stereocenters. The van der Waals surface area contributed by atoms with E-state index < -0.39 is 11.6 Å². The van der Waals surface area contributed by atoms with Crippen LogP contribution in [0.3, 0.4) is 0 Å². The number of benzene rings is 1. The summed E-state index contributed by atoms with van der Waals surface area (Å²) >= 11 is 0. The Kier molecular flexibility index (Phi) is 4.07. The molecule has 0 fully saturated rings. The van der Waals surface area contributed by atoms with Crippen LogP contribution in [0.4, 0.5) is 14.9 Å². The van der Waals surface area contributed by atoms with Crippen molar-refractivity contribution >= 4 is 11.7 Å². The SMILES string of the molecule is Cc1cc(NC(=O)NC(C)(C)CO)ccc1F. The van der Waals surface area contributed by atoms with Crippen molar-refractivity contribution in [1.82, 2.24) is 5.32 Å². The van der Waals surface area contributed by atoms with E-state index in [1.807, 2.05) is 0 Å². The monoisotopic (exact) mass is 240 g/mol. The van der Waals surface area contributed by atoms with E-state index in [4.69, 9.17) is 5.11 Å². The Morgan fingerprint density at radius 3 is 2.65 bits per heavy atom. The van der Waals surface area contributed by atoms with Crippen LogP contribution in [0.5, 0.6) is 0 Å². The highest BCUT2D eigenvalue weighted by Gasteiger charge is 2.18. The van der Waals surface area contributed by atoms with Crippen LogP contribution in [0.1, 0.15) is 19.4 Å². The second kappa shape index (κ2) is 5.14. The molecule has 94 valence electrons. The molecule has 0 aliphatic rings. The summed E-state index contributed by atoms with van der Waals surface area (Å²) in [6.07, 6.45) is 0. The Labute approximate surface area is 99.8 Å². The fraction of sp³-hybridized carbons (Fsp3) is 0.417. The predicted octanol–water partition coefficient (Wildman–Crippen LogP) is 2.03. The molecule has 1 aromatic rings. The quantitative estimate of drug-likeness (QED) is 0.757. The third kappa shape index (κ3) is 4.03. The van der Waals surface area contributed by atoms with Gasteiger partial charge in [0.15, 0.2) is 0 Å². The molecule has 4 nitrogen and oxygen atoms in total. The van der Waals surface area contributed by atoms with E-state index in [0.29, 0.717) is 11.3 Å². The third-order valence-corrected chi connectivity index (χ3v) is 2.26. The van der Waals surface area contributed by atoms with Gasteiger partial charge in [0.25, 0.3) is 0 Å². The topological polar surface area (TPSA) is 61.4 Å². The number of carbonyl (C=O) groups excluding carboxylic acids is 1. The molecule has 0 bridgehead atoms. The molecule has 2 amide bonds. The molecule has 0 heterocycles. The van der Waals surface area contributed by atoms with Gasteiger partial charge >= 0.3 is 6.03 Å². The molecule has 0 saturated carbocycles. The van der Waals surface area contributed by atoms with Gasteiger partial charge < -0.3 is 15.7 Å². The molecule has 0 aliphatic heterocycles. The highest BCUT2D eigenvalue weighted by molar-refractivity contribution is 5.89. The third-order valence-electron chi connectivity index (χ3n) is 2.26. The van der Waals surface area contributed by atoms with Crippen LogP contribution >= 0.6 is 0 Å². The Bertz CT molecular complexity index is 419. The van der Waals surface area contributed by atoms with Crippen molar-refractivity contribution in [2.24, 2.45) is 0 Å². The molecule has 17 heavy (non-hydrogen) atoms. The van der Waals surface area contributed by atoms with Gasteiger partial charge in [0, 0.05) is 5.69 Å². The molecular formula is C12H17FN2O2. The van der Waals surface area contributed by atoms with Crippen molar-refractivity contribution < 1.29 is 14.3 Å². The summed E-state index contributed by atoms with van der Waals surface area (Å²) in [6.45, 7) is 4.85. The number of nitrogens with one attached hydrogen (secondary N) is 2. The molecule has 0 saturated heterocycles. The Morgan fingerprint density at radius 1 is 1.47 bits per heavy atom. The van der Waals surface area contributed by atoms with Crippen LogP contribution in [0.2, 0.25) is 0 Å². The molecule has 0 spiro atoms. The van der Waals surface area contributed by atoms with Gasteiger partial charge in [-0.05, 0) is 44.5 Å². The molecule has 0 unspecified atom stereocenters. The second-order valence-corrected chi connectivity index (χ2v) is 4.59. The first-order valence-electron chi connectivity index (χ1n) is 5.30. The molecule has 0 radical (unpaired) electrons. The van der Waals surface area contributed by atoms with E-state index in [-0.39, 0.29) is 12.4 Å². The summed E-state index contributed by atoms with van der Waals surface area (Å²) in [5.41, 5.74) is 0.276. The van der Waals surface area contributed by atoms with Crippen molar-refractivity contribution in [2.45, 2.75) is 26.3 Å². The summed E-state index contributed by atoms with van der Waals surface area (Å²) in [7, 11) is 0. The maximum Gasteiger partial charge on any atom is 0.319 e. The Morgan fingerprint density at radius 2 is 2.12 bits per heavy atom. The van der Waals surface area contributed by atoms with Crippen molar-refractivity contribution in [3.8, 4) is 0 Å². The first kappa shape index (κ1) is 13.4. The number of aliphatic hydroxyl groups excluding tert-OH is 1. The lowest BCUT2D eigenvalue weighted by molar-refractivity contribution is 0.187. The summed E-state index contributed by atoms with van der Waals surface area (Å²) in [4.78, 5) is 11.6. The molecule has 0 aromatic heterocycles. The van der Waals surface area contributed by atoms with Gasteiger partial charge in [-0.1, -0.05) is 0 Å². The van der Waals surface area contributed by atoms with E-state index in [9.17, 15) is 9.18 Å². The highest BCUT2D eigenvalue weighted by atomic mass is 19.1. The number of amides is 2. The van der Waals surface area contributed by atoms with E-state index in [0.717, 1.165) is 0 Å². The summed E-state index contributed by atoms with van der Waals surface area (Å²) in [5, 5.41) is 14.2. The van der Waals surface area contributed by atoms with Crippen LogP contribution in [-0.4, -0.2) is 23.3 Å². The van der Waals surface area contributed by atoms with Gasteiger partial charge in [-0.3, -0.25) is 0 Å². The first-order valence-corrected chi connectivity index (χ1v) is 5.30. The Balaban J connectivity index is 2.65. The zero-order valence-electron chi connectivity index (χ0n) is 10.2. The van der Waals surface area contributed by atoms with Crippen molar-refractivity contribution in [1.29, 1.82) is 0 Å². The normalized spacial score (nSPS) is 11.1. The number of hydrogen-bond donors (Lipinski definition) is 3. The largest absolute Gasteiger partial charge is 0.394 e. The fourth-order valence-corrected chi connectivity index (χ4v) is 1.23. The number of rotatable bonds is 3. The molecule has 0 aliphatic carbocycles. The number of urea groups is 1. The molecule has 1 rings (SSSR count). The minimum Gasteiger partial charge on any atom is -0.394 e. The lowest BCUT2D eigenvalue weighted by atomic mass is 10.1. The average molecular weight is 240 g/mol.